The Morgan fingerprint density at radius 3 is 2.36 bits per heavy atom. The van der Waals surface area contributed by atoms with Crippen molar-refractivity contribution in [1.82, 2.24) is 0 Å². The van der Waals surface area contributed by atoms with Gasteiger partial charge in [0.1, 0.15) is 0 Å². The van der Waals surface area contributed by atoms with Gasteiger partial charge in [0.2, 0.25) is 0 Å². The molecule has 0 heterocycles. The minimum Gasteiger partial charge on any atom is -0.391 e. The van der Waals surface area contributed by atoms with Gasteiger partial charge in [0, 0.05) is 6.61 Å². The average Bonchev–Trinajstić information content (AvgIpc) is 1.97. The Morgan fingerprint density at radius 1 is 1.27 bits per heavy atom. The molecule has 0 aliphatic rings. The molecular formula is C9H20O2. The van der Waals surface area contributed by atoms with Crippen molar-refractivity contribution in [3.05, 3.63) is 0 Å². The van der Waals surface area contributed by atoms with E-state index < -0.39 is 0 Å². The van der Waals surface area contributed by atoms with Crippen LogP contribution < -0.4 is 0 Å². The first kappa shape index (κ1) is 10.9. The summed E-state index contributed by atoms with van der Waals surface area (Å²) in [6.07, 6.45) is 3.16. The molecule has 0 aromatic carbocycles. The predicted octanol–water partition coefficient (Wildman–Crippen LogP) is 1.96. The van der Waals surface area contributed by atoms with Gasteiger partial charge in [-0.15, -0.1) is 0 Å². The minimum atomic E-state index is -0.350. The highest BCUT2D eigenvalue weighted by Crippen LogP contribution is 2.00. The van der Waals surface area contributed by atoms with Crippen molar-refractivity contribution in [3.63, 3.8) is 0 Å². The van der Waals surface area contributed by atoms with E-state index >= 15 is 0 Å². The van der Waals surface area contributed by atoms with E-state index in [2.05, 4.69) is 6.92 Å². The smallest absolute Gasteiger partial charge is 0.0803 e. The molecule has 0 saturated heterocycles. The molecule has 11 heavy (non-hydrogen) atoms. The molecule has 0 rings (SSSR count). The van der Waals surface area contributed by atoms with E-state index in [1.807, 2.05) is 6.92 Å². The molecule has 0 bridgehead atoms. The first-order valence-corrected chi connectivity index (χ1v) is 4.48. The Morgan fingerprint density at radius 2 is 1.91 bits per heavy atom. The van der Waals surface area contributed by atoms with Crippen LogP contribution in [0, 0.1) is 0 Å². The van der Waals surface area contributed by atoms with Gasteiger partial charge in [0.15, 0.2) is 0 Å². The van der Waals surface area contributed by atoms with Gasteiger partial charge >= 0.3 is 0 Å². The van der Waals surface area contributed by atoms with Crippen molar-refractivity contribution in [2.45, 2.75) is 52.2 Å². The molecule has 2 nitrogen and oxygen atoms in total. The summed E-state index contributed by atoms with van der Waals surface area (Å²) in [7, 11) is 0. The molecule has 0 amide bonds. The number of aliphatic hydroxyl groups excluding tert-OH is 1. The Labute approximate surface area is 69.6 Å². The molecule has 0 saturated carbocycles. The quantitative estimate of drug-likeness (QED) is 0.602. The summed E-state index contributed by atoms with van der Waals surface area (Å²) in [6.45, 7) is 6.60. The number of hydrogen-bond donors (Lipinski definition) is 1. The van der Waals surface area contributed by atoms with Gasteiger partial charge in [-0.05, 0) is 20.3 Å². The largest absolute Gasteiger partial charge is 0.391 e. The van der Waals surface area contributed by atoms with Crippen molar-refractivity contribution in [1.29, 1.82) is 0 Å². The van der Waals surface area contributed by atoms with Crippen molar-refractivity contribution in [3.8, 4) is 0 Å². The van der Waals surface area contributed by atoms with Crippen LogP contribution >= 0.6 is 0 Å². The van der Waals surface area contributed by atoms with E-state index in [0.717, 1.165) is 13.0 Å². The Bertz CT molecular complexity index is 81.6. The van der Waals surface area contributed by atoms with Crippen molar-refractivity contribution < 1.29 is 9.84 Å². The highest BCUT2D eigenvalue weighted by molar-refractivity contribution is 4.56. The maximum absolute atomic E-state index is 9.05. The third kappa shape index (κ3) is 6.32. The van der Waals surface area contributed by atoms with Crippen LogP contribution in [0.15, 0.2) is 0 Å². The number of aliphatic hydroxyl groups is 1. The number of unbranched alkanes of at least 4 members (excludes halogenated alkanes) is 2. The lowest BCUT2D eigenvalue weighted by Gasteiger charge is -2.15. The maximum Gasteiger partial charge on any atom is 0.0803 e. The SMILES string of the molecule is CCCCCOC(C)[C@H](C)O. The van der Waals surface area contributed by atoms with Crippen LogP contribution in [0.2, 0.25) is 0 Å². The van der Waals surface area contributed by atoms with Gasteiger partial charge in [0.25, 0.3) is 0 Å². The first-order valence-electron chi connectivity index (χ1n) is 4.48. The summed E-state index contributed by atoms with van der Waals surface area (Å²) in [5.74, 6) is 0. The van der Waals surface area contributed by atoms with Gasteiger partial charge in [-0.3, -0.25) is 0 Å². The van der Waals surface area contributed by atoms with E-state index in [-0.39, 0.29) is 12.2 Å². The molecule has 68 valence electrons. The second-order valence-corrected chi connectivity index (χ2v) is 3.02. The number of ether oxygens (including phenoxy) is 1. The van der Waals surface area contributed by atoms with Gasteiger partial charge in [-0.25, -0.2) is 0 Å². The summed E-state index contributed by atoms with van der Waals surface area (Å²) in [5, 5.41) is 9.05. The number of rotatable bonds is 6. The minimum absolute atomic E-state index is 0.0214. The van der Waals surface area contributed by atoms with Crippen LogP contribution in [0.1, 0.15) is 40.0 Å². The van der Waals surface area contributed by atoms with E-state index in [1.165, 1.54) is 12.8 Å². The summed E-state index contributed by atoms with van der Waals surface area (Å²) >= 11 is 0. The van der Waals surface area contributed by atoms with E-state index in [9.17, 15) is 0 Å². The topological polar surface area (TPSA) is 29.5 Å². The Hall–Kier alpha value is -0.0800. The second kappa shape index (κ2) is 6.62. The molecular weight excluding hydrogens is 140 g/mol. The van der Waals surface area contributed by atoms with Crippen molar-refractivity contribution in [2.24, 2.45) is 0 Å². The Kier molecular flexibility index (Phi) is 6.57. The van der Waals surface area contributed by atoms with Crippen LogP contribution in [0.4, 0.5) is 0 Å². The van der Waals surface area contributed by atoms with Crippen LogP contribution in [0.25, 0.3) is 0 Å². The standard InChI is InChI=1S/C9H20O2/c1-4-5-6-7-11-9(3)8(2)10/h8-10H,4-7H2,1-3H3/t8-,9?/m0/s1. The predicted molar refractivity (Wildman–Crippen MR) is 46.6 cm³/mol. The average molecular weight is 160 g/mol. The lowest BCUT2D eigenvalue weighted by molar-refractivity contribution is -0.0193. The van der Waals surface area contributed by atoms with E-state index in [4.69, 9.17) is 9.84 Å². The van der Waals surface area contributed by atoms with Gasteiger partial charge in [0.05, 0.1) is 12.2 Å². The third-order valence-electron chi connectivity index (χ3n) is 1.81. The molecule has 1 unspecified atom stereocenters. The second-order valence-electron chi connectivity index (χ2n) is 3.02. The normalized spacial score (nSPS) is 16.4. The molecule has 0 spiro atoms. The highest BCUT2D eigenvalue weighted by atomic mass is 16.5. The van der Waals surface area contributed by atoms with Crippen LogP contribution in [0.5, 0.6) is 0 Å². The summed E-state index contributed by atoms with van der Waals surface area (Å²) in [6, 6.07) is 0. The van der Waals surface area contributed by atoms with E-state index in [0.29, 0.717) is 0 Å². The van der Waals surface area contributed by atoms with E-state index in [1.54, 1.807) is 6.92 Å². The van der Waals surface area contributed by atoms with Crippen LogP contribution in [-0.4, -0.2) is 23.9 Å². The monoisotopic (exact) mass is 160 g/mol. The molecule has 2 heteroatoms. The molecule has 0 radical (unpaired) electrons. The number of hydrogen-bond acceptors (Lipinski definition) is 2. The maximum atomic E-state index is 9.05. The summed E-state index contributed by atoms with van der Waals surface area (Å²) in [5.41, 5.74) is 0. The lowest BCUT2D eigenvalue weighted by Crippen LogP contribution is -2.22. The zero-order valence-electron chi connectivity index (χ0n) is 7.84. The van der Waals surface area contributed by atoms with Crippen LogP contribution in [0.3, 0.4) is 0 Å². The van der Waals surface area contributed by atoms with Gasteiger partial charge in [-0.1, -0.05) is 19.8 Å². The fourth-order valence-electron chi connectivity index (χ4n) is 0.761. The highest BCUT2D eigenvalue weighted by Gasteiger charge is 2.07. The molecule has 1 N–H and O–H groups in total. The zero-order valence-corrected chi connectivity index (χ0v) is 7.84. The van der Waals surface area contributed by atoms with Gasteiger partial charge < -0.3 is 9.84 Å². The first-order chi connectivity index (χ1) is 5.18. The van der Waals surface area contributed by atoms with Crippen molar-refractivity contribution >= 4 is 0 Å². The molecule has 0 aromatic rings. The third-order valence-corrected chi connectivity index (χ3v) is 1.81. The fraction of sp³-hybridized carbons (Fsp3) is 1.00. The van der Waals surface area contributed by atoms with Crippen LogP contribution in [-0.2, 0) is 4.74 Å². The van der Waals surface area contributed by atoms with Crippen molar-refractivity contribution in [2.75, 3.05) is 6.61 Å². The lowest BCUT2D eigenvalue weighted by atomic mass is 10.2. The Balaban J connectivity index is 3.10. The summed E-state index contributed by atoms with van der Waals surface area (Å²) < 4.78 is 5.36. The molecule has 0 fully saturated rings. The fourth-order valence-corrected chi connectivity index (χ4v) is 0.761. The molecule has 0 aliphatic heterocycles. The molecule has 2 atom stereocenters. The van der Waals surface area contributed by atoms with Gasteiger partial charge in [-0.2, -0.15) is 0 Å². The molecule has 0 aliphatic carbocycles. The molecule has 0 aromatic heterocycles. The summed E-state index contributed by atoms with van der Waals surface area (Å²) in [4.78, 5) is 0. The zero-order chi connectivity index (χ0) is 8.69.